The van der Waals surface area contributed by atoms with Gasteiger partial charge in [-0.2, -0.15) is 0 Å². The molecule has 0 saturated heterocycles. The second-order valence-electron chi connectivity index (χ2n) is 5.14. The number of methoxy groups -OCH3 is 1. The predicted octanol–water partition coefficient (Wildman–Crippen LogP) is 4.87. The van der Waals surface area contributed by atoms with Crippen LogP contribution in [0.25, 0.3) is 0 Å². The van der Waals surface area contributed by atoms with Gasteiger partial charge in [0.05, 0.1) is 13.7 Å². The molecule has 0 heterocycles. The number of ether oxygens (including phenoxy) is 3. The van der Waals surface area contributed by atoms with Crippen molar-refractivity contribution in [3.05, 3.63) is 48.0 Å². The molecule has 0 saturated carbocycles. The van der Waals surface area contributed by atoms with Crippen LogP contribution in [-0.2, 0) is 0 Å². The fourth-order valence-corrected chi connectivity index (χ4v) is 2.18. The maximum atomic E-state index is 11.1. The van der Waals surface area contributed by atoms with E-state index in [1.165, 1.54) is 0 Å². The van der Waals surface area contributed by atoms with Crippen LogP contribution < -0.4 is 14.2 Å². The van der Waals surface area contributed by atoms with Crippen LogP contribution >= 0.6 is 0 Å². The molecule has 0 aliphatic heterocycles. The maximum Gasteiger partial charge on any atom is 0.204 e. The van der Waals surface area contributed by atoms with Crippen molar-refractivity contribution < 1.29 is 19.0 Å². The Balaban J connectivity index is 2.29. The summed E-state index contributed by atoms with van der Waals surface area (Å²) in [7, 11) is 1.55. The van der Waals surface area contributed by atoms with Gasteiger partial charge in [-0.1, -0.05) is 38.0 Å². The molecule has 4 heteroatoms. The van der Waals surface area contributed by atoms with Gasteiger partial charge in [0.1, 0.15) is 12.0 Å². The fourth-order valence-electron chi connectivity index (χ4n) is 2.18. The Morgan fingerprint density at radius 2 is 1.78 bits per heavy atom. The Bertz CT molecular complexity index is 623. The minimum Gasteiger partial charge on any atom is -0.493 e. The van der Waals surface area contributed by atoms with Gasteiger partial charge in [-0.05, 0) is 30.7 Å². The van der Waals surface area contributed by atoms with E-state index in [-0.39, 0.29) is 0 Å². The molecule has 122 valence electrons. The van der Waals surface area contributed by atoms with Crippen molar-refractivity contribution in [2.75, 3.05) is 13.7 Å². The van der Waals surface area contributed by atoms with E-state index in [1.54, 1.807) is 19.2 Å². The summed E-state index contributed by atoms with van der Waals surface area (Å²) in [6.45, 7) is 2.72. The van der Waals surface area contributed by atoms with E-state index in [0.717, 1.165) is 25.5 Å². The third-order valence-electron chi connectivity index (χ3n) is 3.36. The molecule has 0 fully saturated rings. The van der Waals surface area contributed by atoms with Gasteiger partial charge >= 0.3 is 0 Å². The summed E-state index contributed by atoms with van der Waals surface area (Å²) in [4.78, 5) is 11.1. The monoisotopic (exact) mass is 314 g/mol. The summed E-state index contributed by atoms with van der Waals surface area (Å²) in [5, 5.41) is 0. The second-order valence-corrected chi connectivity index (χ2v) is 5.14. The SMILES string of the molecule is CCCCCOc1c(OC)cc(C=O)cc1Oc1ccccc1. The van der Waals surface area contributed by atoms with Crippen molar-refractivity contribution >= 4 is 6.29 Å². The Hall–Kier alpha value is -2.49. The Labute approximate surface area is 137 Å². The van der Waals surface area contributed by atoms with Crippen LogP contribution in [0.15, 0.2) is 42.5 Å². The molecule has 2 rings (SSSR count). The van der Waals surface area contributed by atoms with Crippen LogP contribution in [0.1, 0.15) is 36.5 Å². The molecule has 23 heavy (non-hydrogen) atoms. The van der Waals surface area contributed by atoms with E-state index in [9.17, 15) is 4.79 Å². The van der Waals surface area contributed by atoms with Crippen molar-refractivity contribution in [3.63, 3.8) is 0 Å². The van der Waals surface area contributed by atoms with Crippen LogP contribution in [0.2, 0.25) is 0 Å². The number of hydrogen-bond donors (Lipinski definition) is 0. The molecular formula is C19H22O4. The first kappa shape index (κ1) is 16.9. The van der Waals surface area contributed by atoms with E-state index in [0.29, 0.717) is 35.2 Å². The highest BCUT2D eigenvalue weighted by Crippen LogP contribution is 2.40. The first-order valence-corrected chi connectivity index (χ1v) is 7.81. The number of benzene rings is 2. The lowest BCUT2D eigenvalue weighted by molar-refractivity contribution is 0.112. The molecule has 0 aliphatic carbocycles. The highest BCUT2D eigenvalue weighted by molar-refractivity contribution is 5.78. The topological polar surface area (TPSA) is 44.8 Å². The molecule has 0 unspecified atom stereocenters. The zero-order chi connectivity index (χ0) is 16.5. The molecule has 0 N–H and O–H groups in total. The van der Waals surface area contributed by atoms with Crippen LogP contribution in [0.3, 0.4) is 0 Å². The molecule has 0 radical (unpaired) electrons. The third-order valence-corrected chi connectivity index (χ3v) is 3.36. The lowest BCUT2D eigenvalue weighted by Gasteiger charge is -2.16. The van der Waals surface area contributed by atoms with E-state index < -0.39 is 0 Å². The number of unbranched alkanes of at least 4 members (excludes halogenated alkanes) is 2. The Morgan fingerprint density at radius 1 is 1.04 bits per heavy atom. The summed E-state index contributed by atoms with van der Waals surface area (Å²) < 4.78 is 17.1. The zero-order valence-corrected chi connectivity index (χ0v) is 13.6. The van der Waals surface area contributed by atoms with Crippen molar-refractivity contribution in [2.45, 2.75) is 26.2 Å². The highest BCUT2D eigenvalue weighted by Gasteiger charge is 2.15. The minimum atomic E-state index is 0.480. The zero-order valence-electron chi connectivity index (χ0n) is 13.6. The fraction of sp³-hybridized carbons (Fsp3) is 0.316. The van der Waals surface area contributed by atoms with Crippen molar-refractivity contribution in [1.29, 1.82) is 0 Å². The van der Waals surface area contributed by atoms with Crippen LogP contribution in [0, 0.1) is 0 Å². The van der Waals surface area contributed by atoms with Gasteiger partial charge in [-0.3, -0.25) is 4.79 Å². The van der Waals surface area contributed by atoms with E-state index in [1.807, 2.05) is 30.3 Å². The van der Waals surface area contributed by atoms with E-state index in [4.69, 9.17) is 14.2 Å². The summed E-state index contributed by atoms with van der Waals surface area (Å²) in [5.41, 5.74) is 0.480. The lowest BCUT2D eigenvalue weighted by Crippen LogP contribution is -2.02. The summed E-state index contributed by atoms with van der Waals surface area (Å²) in [6.07, 6.45) is 3.95. The molecule has 4 nitrogen and oxygen atoms in total. The minimum absolute atomic E-state index is 0.480. The van der Waals surface area contributed by atoms with Gasteiger partial charge in [0, 0.05) is 5.56 Å². The summed E-state index contributed by atoms with van der Waals surface area (Å²) in [5.74, 6) is 2.18. The molecule has 0 amide bonds. The number of carbonyl (C=O) groups is 1. The first-order chi connectivity index (χ1) is 11.3. The lowest BCUT2D eigenvalue weighted by atomic mass is 10.2. The van der Waals surface area contributed by atoms with Crippen molar-refractivity contribution in [2.24, 2.45) is 0 Å². The third kappa shape index (κ3) is 4.74. The molecule has 0 aliphatic rings. The van der Waals surface area contributed by atoms with Gasteiger partial charge < -0.3 is 14.2 Å². The largest absolute Gasteiger partial charge is 0.493 e. The van der Waals surface area contributed by atoms with Crippen LogP contribution in [-0.4, -0.2) is 20.0 Å². The maximum absolute atomic E-state index is 11.1. The first-order valence-electron chi connectivity index (χ1n) is 7.81. The standard InChI is InChI=1S/C19H22O4/c1-3-4-8-11-22-19-17(21-2)12-15(14-20)13-18(19)23-16-9-6-5-7-10-16/h5-7,9-10,12-14H,3-4,8,11H2,1-2H3. The van der Waals surface area contributed by atoms with E-state index in [2.05, 4.69) is 6.92 Å². The number of carbonyl (C=O) groups excluding carboxylic acids is 1. The average Bonchev–Trinajstić information content (AvgIpc) is 2.60. The van der Waals surface area contributed by atoms with Crippen molar-refractivity contribution in [1.82, 2.24) is 0 Å². The molecular weight excluding hydrogens is 292 g/mol. The molecule has 2 aromatic rings. The molecule has 0 bridgehead atoms. The van der Waals surface area contributed by atoms with Crippen molar-refractivity contribution in [3.8, 4) is 23.0 Å². The summed E-state index contributed by atoms with van der Waals surface area (Å²) >= 11 is 0. The van der Waals surface area contributed by atoms with Gasteiger partial charge in [0.2, 0.25) is 5.75 Å². The number of aldehydes is 1. The number of hydrogen-bond acceptors (Lipinski definition) is 4. The quantitative estimate of drug-likeness (QED) is 0.489. The Morgan fingerprint density at radius 3 is 2.43 bits per heavy atom. The normalized spacial score (nSPS) is 10.2. The smallest absolute Gasteiger partial charge is 0.204 e. The van der Waals surface area contributed by atoms with Gasteiger partial charge in [0.15, 0.2) is 11.5 Å². The van der Waals surface area contributed by atoms with Crippen LogP contribution in [0.4, 0.5) is 0 Å². The highest BCUT2D eigenvalue weighted by atomic mass is 16.5. The van der Waals surface area contributed by atoms with Crippen LogP contribution in [0.5, 0.6) is 23.0 Å². The summed E-state index contributed by atoms with van der Waals surface area (Å²) in [6, 6.07) is 12.7. The second kappa shape index (κ2) is 8.83. The molecule has 0 spiro atoms. The Kier molecular flexibility index (Phi) is 6.48. The molecule has 0 aromatic heterocycles. The van der Waals surface area contributed by atoms with Gasteiger partial charge in [0.25, 0.3) is 0 Å². The van der Waals surface area contributed by atoms with Gasteiger partial charge in [-0.25, -0.2) is 0 Å². The van der Waals surface area contributed by atoms with Gasteiger partial charge in [-0.15, -0.1) is 0 Å². The van der Waals surface area contributed by atoms with E-state index >= 15 is 0 Å². The molecule has 2 aromatic carbocycles. The predicted molar refractivity (Wildman–Crippen MR) is 89.9 cm³/mol. The molecule has 0 atom stereocenters. The number of para-hydroxylation sites is 1. The average molecular weight is 314 g/mol. The number of rotatable bonds is 9.